The van der Waals surface area contributed by atoms with Gasteiger partial charge in [-0.15, -0.1) is 5.10 Å². The summed E-state index contributed by atoms with van der Waals surface area (Å²) >= 11 is 0. The molecule has 0 unspecified atom stereocenters. The number of pyridine rings is 1. The summed E-state index contributed by atoms with van der Waals surface area (Å²) in [6, 6.07) is 5.77. The molecule has 2 aromatic heterocycles. The first kappa shape index (κ1) is 21.5. The first-order chi connectivity index (χ1) is 14.6. The van der Waals surface area contributed by atoms with Crippen molar-refractivity contribution in [1.29, 1.82) is 5.41 Å². The van der Waals surface area contributed by atoms with Crippen LogP contribution in [0, 0.1) is 5.41 Å². The number of aliphatic imine (C=N–C) groups is 1. The Hall–Kier alpha value is -3.17. The Morgan fingerprint density at radius 2 is 2.10 bits per heavy atom. The Balaban J connectivity index is 1.93. The average Bonchev–Trinajstić information content (AvgIpc) is 3.09. The molecule has 0 bridgehead atoms. The highest BCUT2D eigenvalue weighted by atomic mass is 16.5. The fourth-order valence-corrected chi connectivity index (χ4v) is 3.17. The Morgan fingerprint density at radius 1 is 1.30 bits per heavy atom. The molecule has 0 aromatic carbocycles. The van der Waals surface area contributed by atoms with E-state index in [-0.39, 0.29) is 18.9 Å². The third-order valence-electron chi connectivity index (χ3n) is 4.84. The van der Waals surface area contributed by atoms with Gasteiger partial charge in [-0.2, -0.15) is 0 Å². The van der Waals surface area contributed by atoms with Crippen molar-refractivity contribution in [3.05, 3.63) is 48.0 Å². The zero-order valence-corrected chi connectivity index (χ0v) is 17.4. The second kappa shape index (κ2) is 10.0. The summed E-state index contributed by atoms with van der Waals surface area (Å²) < 4.78 is 7.24. The lowest BCUT2D eigenvalue weighted by Gasteiger charge is -2.18. The van der Waals surface area contributed by atoms with E-state index in [1.165, 1.54) is 6.08 Å². The maximum atomic E-state index is 9.01. The maximum Gasteiger partial charge on any atom is 0.175 e. The first-order valence-electron chi connectivity index (χ1n) is 10.1. The van der Waals surface area contributed by atoms with E-state index < -0.39 is 0 Å². The van der Waals surface area contributed by atoms with Crippen LogP contribution in [0.4, 0.5) is 11.5 Å². The number of nitrogens with zero attached hydrogens (tertiary/aromatic N) is 4. The standard InChI is InChI=1S/C21H29N7O2/c1-3-27(4-2)10-8-24-21-20(18-7-5-6-9-28(18)26-21)25-17-14-19(30-12-11-29)16(23)13-15(17)22/h5-7,9,13-14,22,29H,3-4,8,10-12,23H2,1-2H3,(H,24,26). The van der Waals surface area contributed by atoms with Crippen molar-refractivity contribution in [3.63, 3.8) is 0 Å². The number of hydrogen-bond donors (Lipinski definition) is 4. The number of ether oxygens (including phenoxy) is 1. The molecule has 2 heterocycles. The molecule has 1 aliphatic rings. The average molecular weight is 412 g/mol. The smallest absolute Gasteiger partial charge is 0.175 e. The van der Waals surface area contributed by atoms with E-state index in [1.54, 1.807) is 10.6 Å². The molecule has 0 spiro atoms. The van der Waals surface area contributed by atoms with Crippen molar-refractivity contribution in [3.8, 4) is 0 Å². The lowest BCUT2D eigenvalue weighted by Crippen LogP contribution is -2.28. The molecule has 5 N–H and O–H groups in total. The van der Waals surface area contributed by atoms with Gasteiger partial charge in [0.05, 0.1) is 29.2 Å². The number of hydrogen-bond acceptors (Lipinski definition) is 8. The van der Waals surface area contributed by atoms with Gasteiger partial charge < -0.3 is 25.8 Å². The summed E-state index contributed by atoms with van der Waals surface area (Å²) in [5, 5.41) is 25.3. The molecule has 9 heteroatoms. The number of fused-ring (bicyclic) bond motifs is 1. The van der Waals surface area contributed by atoms with Crippen molar-refractivity contribution >= 4 is 28.4 Å². The number of aliphatic hydroxyl groups excluding tert-OH is 1. The van der Waals surface area contributed by atoms with Crippen molar-refractivity contribution in [2.45, 2.75) is 13.8 Å². The van der Waals surface area contributed by atoms with Crippen molar-refractivity contribution < 1.29 is 9.84 Å². The fourth-order valence-electron chi connectivity index (χ4n) is 3.17. The van der Waals surface area contributed by atoms with Gasteiger partial charge in [0.1, 0.15) is 18.1 Å². The molecule has 0 radical (unpaired) electrons. The van der Waals surface area contributed by atoms with Crippen LogP contribution in [0.15, 0.2) is 53.0 Å². The predicted molar refractivity (Wildman–Crippen MR) is 120 cm³/mol. The van der Waals surface area contributed by atoms with E-state index >= 15 is 0 Å². The number of aromatic nitrogens is 2. The third-order valence-corrected chi connectivity index (χ3v) is 4.84. The van der Waals surface area contributed by atoms with Gasteiger partial charge >= 0.3 is 0 Å². The van der Waals surface area contributed by atoms with Gasteiger partial charge in [0.2, 0.25) is 0 Å². The molecule has 9 nitrogen and oxygen atoms in total. The van der Waals surface area contributed by atoms with Gasteiger partial charge in [0.15, 0.2) is 5.82 Å². The zero-order valence-electron chi connectivity index (χ0n) is 17.4. The van der Waals surface area contributed by atoms with Gasteiger partial charge in [0, 0.05) is 25.4 Å². The Labute approximate surface area is 176 Å². The SMILES string of the molecule is CCN(CC)CCNc1nn2ccccc2c1N=C1C=C(OCCO)C(N)=CC1=N. The summed E-state index contributed by atoms with van der Waals surface area (Å²) in [5.74, 6) is 1.05. The number of nitrogens with one attached hydrogen (secondary N) is 2. The molecule has 3 rings (SSSR count). The van der Waals surface area contributed by atoms with E-state index in [2.05, 4.69) is 29.2 Å². The van der Waals surface area contributed by atoms with Crippen molar-refractivity contribution in [1.82, 2.24) is 14.5 Å². The number of likely N-dealkylation sites (N-methyl/N-ethyl adjacent to an activating group) is 1. The molecule has 0 saturated heterocycles. The minimum atomic E-state index is -0.122. The van der Waals surface area contributed by atoms with E-state index in [4.69, 9.17) is 26.0 Å². The van der Waals surface area contributed by atoms with E-state index in [0.717, 1.165) is 31.7 Å². The number of allylic oxidation sites excluding steroid dienone is 2. The van der Waals surface area contributed by atoms with Crippen LogP contribution in [0.2, 0.25) is 0 Å². The quantitative estimate of drug-likeness (QED) is 0.443. The van der Waals surface area contributed by atoms with Crippen LogP contribution >= 0.6 is 0 Å². The van der Waals surface area contributed by atoms with Crippen LogP contribution in [0.5, 0.6) is 0 Å². The monoisotopic (exact) mass is 411 g/mol. The zero-order chi connectivity index (χ0) is 21.5. The second-order valence-corrected chi connectivity index (χ2v) is 6.77. The highest BCUT2D eigenvalue weighted by Gasteiger charge is 2.18. The number of rotatable bonds is 10. The minimum Gasteiger partial charge on any atom is -0.489 e. The molecule has 2 aromatic rings. The van der Waals surface area contributed by atoms with Crippen LogP contribution in [0.1, 0.15) is 13.8 Å². The summed E-state index contributed by atoms with van der Waals surface area (Å²) in [5.41, 5.74) is 8.37. The topological polar surface area (TPSA) is 124 Å². The molecular weight excluding hydrogens is 382 g/mol. The molecule has 30 heavy (non-hydrogen) atoms. The summed E-state index contributed by atoms with van der Waals surface area (Å²) in [7, 11) is 0. The van der Waals surface area contributed by atoms with Gasteiger partial charge in [-0.25, -0.2) is 9.51 Å². The minimum absolute atomic E-state index is 0.121. The Kier molecular flexibility index (Phi) is 7.21. The summed E-state index contributed by atoms with van der Waals surface area (Å²) in [6.07, 6.45) is 4.99. The molecule has 0 aliphatic heterocycles. The number of nitrogens with two attached hydrogens (primary N) is 1. The normalized spacial score (nSPS) is 15.6. The summed E-state index contributed by atoms with van der Waals surface area (Å²) in [6.45, 7) is 7.89. The Morgan fingerprint density at radius 3 is 2.83 bits per heavy atom. The van der Waals surface area contributed by atoms with Crippen LogP contribution in [0.3, 0.4) is 0 Å². The molecule has 0 saturated carbocycles. The molecular formula is C21H29N7O2. The molecule has 0 atom stereocenters. The number of aliphatic hydroxyl groups is 1. The maximum absolute atomic E-state index is 9.01. The van der Waals surface area contributed by atoms with Gasteiger partial charge in [-0.05, 0) is 31.3 Å². The van der Waals surface area contributed by atoms with E-state index in [9.17, 15) is 0 Å². The first-order valence-corrected chi connectivity index (χ1v) is 10.1. The van der Waals surface area contributed by atoms with Crippen molar-refractivity contribution in [2.75, 3.05) is 44.7 Å². The predicted octanol–water partition coefficient (Wildman–Crippen LogP) is 1.93. The third kappa shape index (κ3) is 4.87. The molecule has 1 aliphatic carbocycles. The second-order valence-electron chi connectivity index (χ2n) is 6.77. The van der Waals surface area contributed by atoms with Gasteiger partial charge in [-0.3, -0.25) is 5.41 Å². The lowest BCUT2D eigenvalue weighted by atomic mass is 10.1. The lowest BCUT2D eigenvalue weighted by molar-refractivity contribution is 0.149. The van der Waals surface area contributed by atoms with E-state index in [1.807, 2.05) is 24.4 Å². The van der Waals surface area contributed by atoms with Gasteiger partial charge in [0.25, 0.3) is 0 Å². The highest BCUT2D eigenvalue weighted by molar-refractivity contribution is 6.50. The van der Waals surface area contributed by atoms with Crippen LogP contribution in [-0.2, 0) is 4.74 Å². The Bertz CT molecular complexity index is 986. The molecule has 160 valence electrons. The molecule has 0 fully saturated rings. The highest BCUT2D eigenvalue weighted by Crippen LogP contribution is 2.30. The molecule has 0 amide bonds. The van der Waals surface area contributed by atoms with Crippen LogP contribution < -0.4 is 11.1 Å². The van der Waals surface area contributed by atoms with E-state index in [0.29, 0.717) is 28.7 Å². The van der Waals surface area contributed by atoms with Crippen molar-refractivity contribution in [2.24, 2.45) is 10.7 Å². The largest absolute Gasteiger partial charge is 0.489 e. The van der Waals surface area contributed by atoms with Crippen LogP contribution in [0.25, 0.3) is 5.52 Å². The fraction of sp³-hybridized carbons (Fsp3) is 0.381. The number of anilines is 1. The van der Waals surface area contributed by atoms with Gasteiger partial charge in [-0.1, -0.05) is 19.9 Å². The van der Waals surface area contributed by atoms with Crippen LogP contribution in [-0.4, -0.2) is 70.4 Å². The summed E-state index contributed by atoms with van der Waals surface area (Å²) in [4.78, 5) is 7.06.